The predicted octanol–water partition coefficient (Wildman–Crippen LogP) is 7.31. The highest BCUT2D eigenvalue weighted by Crippen LogP contribution is 2.38. The van der Waals surface area contributed by atoms with E-state index in [-0.39, 0.29) is 29.0 Å². The molecule has 1 heterocycles. The first-order valence-corrected chi connectivity index (χ1v) is 14.0. The monoisotopic (exact) mass is 700 g/mol. The van der Waals surface area contributed by atoms with Crippen LogP contribution in [-0.2, 0) is 16.1 Å². The first-order chi connectivity index (χ1) is 18.5. The minimum atomic E-state index is -0.509. The fourth-order valence-corrected chi connectivity index (χ4v) is 5.60. The highest BCUT2D eigenvalue weighted by Gasteiger charge is 2.35. The largest absolute Gasteiger partial charge is 0.493 e. The van der Waals surface area contributed by atoms with Gasteiger partial charge in [-0.3, -0.25) is 19.3 Å². The summed E-state index contributed by atoms with van der Waals surface area (Å²) in [6.45, 7) is 1.51. The quantitative estimate of drug-likeness (QED) is 0.196. The molecular formula is C27H20Cl2FIN2O5S. The number of imide groups is 1. The highest BCUT2D eigenvalue weighted by molar-refractivity contribution is 14.1. The first-order valence-electron chi connectivity index (χ1n) is 11.3. The van der Waals surface area contributed by atoms with Crippen LogP contribution in [0.3, 0.4) is 0 Å². The number of halogens is 4. The number of hydrogen-bond donors (Lipinski definition) is 1. The predicted molar refractivity (Wildman–Crippen MR) is 159 cm³/mol. The lowest BCUT2D eigenvalue weighted by atomic mass is 10.1. The third-order valence-electron chi connectivity index (χ3n) is 5.57. The summed E-state index contributed by atoms with van der Waals surface area (Å²) in [6, 6.07) is 12.4. The maximum absolute atomic E-state index is 13.4. The van der Waals surface area contributed by atoms with Crippen molar-refractivity contribution in [2.45, 2.75) is 13.5 Å². The van der Waals surface area contributed by atoms with Crippen LogP contribution in [0.2, 0.25) is 10.0 Å². The van der Waals surface area contributed by atoms with Crippen LogP contribution < -0.4 is 14.8 Å². The average molecular weight is 701 g/mol. The standard InChI is InChI=1S/C27H20Cl2FIN2O5S/c1-14-3-6-18(11-19(14)28)32-24(34)13-38-25-21(31)7-15(8-22(25)37-2)9-23-26(35)33(27(36)39-23)12-16-4-5-17(30)10-20(16)29/h3-11H,12-13H2,1-2H3,(H,32,34)/b23-9-. The molecule has 0 bridgehead atoms. The lowest BCUT2D eigenvalue weighted by Gasteiger charge is -2.14. The van der Waals surface area contributed by atoms with Crippen molar-refractivity contribution in [1.29, 1.82) is 0 Å². The van der Waals surface area contributed by atoms with Crippen LogP contribution in [0.1, 0.15) is 16.7 Å². The fourth-order valence-electron chi connectivity index (χ4n) is 3.58. The minimum absolute atomic E-state index is 0.0778. The van der Waals surface area contributed by atoms with E-state index in [0.29, 0.717) is 36.9 Å². The lowest BCUT2D eigenvalue weighted by molar-refractivity contribution is -0.123. The van der Waals surface area contributed by atoms with Gasteiger partial charge in [-0.2, -0.15) is 0 Å². The number of rotatable bonds is 8. The summed E-state index contributed by atoms with van der Waals surface area (Å²) in [4.78, 5) is 39.2. The maximum Gasteiger partial charge on any atom is 0.293 e. The Kier molecular flexibility index (Phi) is 9.42. The number of aryl methyl sites for hydroxylation is 1. The number of amides is 3. The molecule has 3 amide bonds. The molecule has 3 aromatic rings. The van der Waals surface area contributed by atoms with Gasteiger partial charge in [-0.05, 0) is 100 Å². The zero-order chi connectivity index (χ0) is 28.3. The Morgan fingerprint density at radius 3 is 2.59 bits per heavy atom. The Morgan fingerprint density at radius 2 is 1.90 bits per heavy atom. The molecule has 0 spiro atoms. The second-order valence-electron chi connectivity index (χ2n) is 8.34. The van der Waals surface area contributed by atoms with Crippen molar-refractivity contribution in [2.24, 2.45) is 0 Å². The minimum Gasteiger partial charge on any atom is -0.493 e. The van der Waals surface area contributed by atoms with Crippen molar-refractivity contribution in [3.8, 4) is 11.5 Å². The van der Waals surface area contributed by atoms with Gasteiger partial charge in [-0.1, -0.05) is 35.3 Å². The van der Waals surface area contributed by atoms with Crippen LogP contribution in [0.5, 0.6) is 11.5 Å². The van der Waals surface area contributed by atoms with Crippen LogP contribution in [0.15, 0.2) is 53.4 Å². The molecule has 202 valence electrons. The van der Waals surface area contributed by atoms with E-state index in [1.807, 2.05) is 29.5 Å². The fraction of sp³-hybridized carbons (Fsp3) is 0.148. The third kappa shape index (κ3) is 7.05. The number of thioether (sulfide) groups is 1. The van der Waals surface area contributed by atoms with Gasteiger partial charge in [0.15, 0.2) is 18.1 Å². The summed E-state index contributed by atoms with van der Waals surface area (Å²) in [5.41, 5.74) is 2.49. The summed E-state index contributed by atoms with van der Waals surface area (Å²) in [5, 5.41) is 2.93. The highest BCUT2D eigenvalue weighted by atomic mass is 127. The number of nitrogens with one attached hydrogen (secondary N) is 1. The van der Waals surface area contributed by atoms with E-state index in [4.69, 9.17) is 32.7 Å². The van der Waals surface area contributed by atoms with Crippen molar-refractivity contribution < 1.29 is 28.2 Å². The number of hydrogen-bond acceptors (Lipinski definition) is 6. The van der Waals surface area contributed by atoms with Crippen molar-refractivity contribution in [2.75, 3.05) is 19.0 Å². The maximum atomic E-state index is 13.4. The molecule has 7 nitrogen and oxygen atoms in total. The first kappa shape index (κ1) is 29.2. The zero-order valence-corrected chi connectivity index (χ0v) is 25.0. The molecule has 4 rings (SSSR count). The smallest absolute Gasteiger partial charge is 0.293 e. The van der Waals surface area contributed by atoms with E-state index in [1.54, 1.807) is 36.4 Å². The lowest BCUT2D eigenvalue weighted by Crippen LogP contribution is -2.27. The van der Waals surface area contributed by atoms with Crippen LogP contribution in [0.25, 0.3) is 6.08 Å². The molecular weight excluding hydrogens is 681 g/mol. The van der Waals surface area contributed by atoms with Gasteiger partial charge in [0.1, 0.15) is 5.82 Å². The Bertz CT molecular complexity index is 1520. The summed E-state index contributed by atoms with van der Waals surface area (Å²) < 4.78 is 25.2. The molecule has 3 aromatic carbocycles. The summed E-state index contributed by atoms with van der Waals surface area (Å²) >= 11 is 15.0. The van der Waals surface area contributed by atoms with Crippen LogP contribution in [0.4, 0.5) is 14.9 Å². The molecule has 12 heteroatoms. The van der Waals surface area contributed by atoms with Crippen LogP contribution >= 0.6 is 57.6 Å². The number of anilines is 1. The molecule has 39 heavy (non-hydrogen) atoms. The van der Waals surface area contributed by atoms with Gasteiger partial charge in [-0.15, -0.1) is 0 Å². The number of methoxy groups -OCH3 is 1. The summed E-state index contributed by atoms with van der Waals surface area (Å²) in [5.74, 6) is -0.687. The molecule has 0 unspecified atom stereocenters. The van der Waals surface area contributed by atoms with E-state index in [1.165, 1.54) is 19.2 Å². The van der Waals surface area contributed by atoms with Crippen LogP contribution in [0, 0.1) is 16.3 Å². The molecule has 0 aliphatic carbocycles. The molecule has 1 saturated heterocycles. The van der Waals surface area contributed by atoms with Gasteiger partial charge in [0.25, 0.3) is 17.1 Å². The van der Waals surface area contributed by atoms with E-state index < -0.39 is 17.0 Å². The van der Waals surface area contributed by atoms with Crippen LogP contribution in [-0.4, -0.2) is 35.7 Å². The Morgan fingerprint density at radius 1 is 1.13 bits per heavy atom. The van der Waals surface area contributed by atoms with E-state index in [0.717, 1.165) is 28.3 Å². The number of carbonyl (C=O) groups excluding carboxylic acids is 3. The molecule has 1 fully saturated rings. The van der Waals surface area contributed by atoms with Gasteiger partial charge in [-0.25, -0.2) is 4.39 Å². The van der Waals surface area contributed by atoms with E-state index >= 15 is 0 Å². The third-order valence-corrected chi connectivity index (χ3v) is 8.04. The molecule has 0 aromatic heterocycles. The summed E-state index contributed by atoms with van der Waals surface area (Å²) in [7, 11) is 1.46. The van der Waals surface area contributed by atoms with Crippen molar-refractivity contribution in [3.63, 3.8) is 0 Å². The van der Waals surface area contributed by atoms with Crippen molar-refractivity contribution in [3.05, 3.63) is 89.6 Å². The number of carbonyl (C=O) groups is 3. The van der Waals surface area contributed by atoms with Gasteiger partial charge in [0, 0.05) is 15.7 Å². The van der Waals surface area contributed by atoms with Crippen molar-refractivity contribution >= 4 is 86.4 Å². The second-order valence-corrected chi connectivity index (χ2v) is 11.3. The van der Waals surface area contributed by atoms with Crippen molar-refractivity contribution in [1.82, 2.24) is 4.90 Å². The molecule has 1 N–H and O–H groups in total. The molecule has 1 aliphatic rings. The number of benzene rings is 3. The molecule has 1 aliphatic heterocycles. The van der Waals surface area contributed by atoms with E-state index in [2.05, 4.69) is 5.32 Å². The second kappa shape index (κ2) is 12.6. The topological polar surface area (TPSA) is 84.9 Å². The van der Waals surface area contributed by atoms with Gasteiger partial charge >= 0.3 is 0 Å². The molecule has 0 saturated carbocycles. The summed E-state index contributed by atoms with van der Waals surface area (Å²) in [6.07, 6.45) is 1.57. The molecule has 0 radical (unpaired) electrons. The number of nitrogens with zero attached hydrogens (tertiary/aromatic N) is 1. The zero-order valence-electron chi connectivity index (χ0n) is 20.5. The SMILES string of the molecule is COc1cc(/C=C2\SC(=O)N(Cc3ccc(F)cc3Cl)C2=O)cc(I)c1OCC(=O)Nc1ccc(C)c(Cl)c1. The Labute approximate surface area is 251 Å². The van der Waals surface area contributed by atoms with Gasteiger partial charge < -0.3 is 14.8 Å². The normalized spacial score (nSPS) is 14.2. The van der Waals surface area contributed by atoms with E-state index in [9.17, 15) is 18.8 Å². The van der Waals surface area contributed by atoms with Gasteiger partial charge in [0.2, 0.25) is 0 Å². The number of ether oxygens (including phenoxy) is 2. The Balaban J connectivity index is 1.47. The van der Waals surface area contributed by atoms with Gasteiger partial charge in [0.05, 0.1) is 22.1 Å². The molecule has 0 atom stereocenters. The Hall–Kier alpha value is -2.80. The average Bonchev–Trinajstić information content (AvgIpc) is 3.14.